The number of unbranched alkanes of at least 4 members (excludes halogenated alkanes) is 19. The maximum Gasteiger partial charge on any atom is 0.220 e. The summed E-state index contributed by atoms with van der Waals surface area (Å²) in [5.41, 5.74) is 0. The third-order valence-electron chi connectivity index (χ3n) is 17.0. The number of carbonyl (C=O) groups excluding carboxylic acids is 1. The molecule has 19 heteroatoms. The van der Waals surface area contributed by atoms with Crippen molar-refractivity contribution in [2.24, 2.45) is 0 Å². The monoisotopic (exact) mass is 1330 g/mol. The molecule has 3 saturated heterocycles. The second-order valence-corrected chi connectivity index (χ2v) is 25.0. The smallest absolute Gasteiger partial charge is 0.220 e. The molecule has 0 bridgehead atoms. The molecule has 538 valence electrons. The highest BCUT2D eigenvalue weighted by Gasteiger charge is 2.53. The van der Waals surface area contributed by atoms with Crippen LogP contribution in [0.3, 0.4) is 0 Å². The SMILES string of the molecule is CC/C=C\C/C=C\C/C=C\C/C=C\C/C=C\C/C=C\C/C=C\C/C=C\CCCCCCCCCCCCCCCCC(=O)NC(COC1OC(CO)C(OC2OC(CO)C(OC3OC(CO)C(O)C(O)C3O)C(O)C2O)C(O)C1O)C(O)/C=C/CC/C=C/CCCCCC. The minimum absolute atomic E-state index is 0.228. The van der Waals surface area contributed by atoms with E-state index in [2.05, 4.69) is 129 Å². The Morgan fingerprint density at radius 1 is 0.394 bits per heavy atom. The van der Waals surface area contributed by atoms with Gasteiger partial charge < -0.3 is 89.9 Å². The molecule has 12 N–H and O–H groups in total. The summed E-state index contributed by atoms with van der Waals surface area (Å²) < 4.78 is 34.2. The predicted molar refractivity (Wildman–Crippen MR) is 369 cm³/mol. The molecule has 0 spiro atoms. The number of allylic oxidation sites excluding steroid dienone is 19. The maximum atomic E-state index is 13.4. The van der Waals surface area contributed by atoms with Crippen LogP contribution in [-0.4, -0.2) is 193 Å². The number of hydrogen-bond donors (Lipinski definition) is 12. The zero-order valence-corrected chi connectivity index (χ0v) is 56.9. The van der Waals surface area contributed by atoms with Gasteiger partial charge in [-0.05, 0) is 96.3 Å². The van der Waals surface area contributed by atoms with Crippen molar-refractivity contribution in [3.63, 3.8) is 0 Å². The molecule has 0 saturated carbocycles. The van der Waals surface area contributed by atoms with Crippen LogP contribution in [0, 0.1) is 0 Å². The first-order valence-electron chi connectivity index (χ1n) is 35.8. The standard InChI is InChI=1S/C75H125NO18/c1-3-5-7-9-11-13-15-16-17-18-19-20-21-22-23-24-25-26-27-28-29-30-31-32-33-34-35-36-37-38-39-40-41-42-43-45-47-49-51-53-63(81)76-58(59(80)52-50-48-46-44-14-12-10-8-6-4-2)57-89-73-69(87)66(84)71(61(55-78)91-73)94-75-70(88)67(85)72(62(56-79)92-75)93-74-68(86)65(83)64(82)60(54-77)90-74/h5,7,11,13-14,16-17,19-20,22-23,25-26,28-29,31-32,44,50,52,58-62,64-75,77-80,82-88H,3-4,6,8-10,12,15,18,21,24,27,30,33-43,45-49,51,53-57H2,1-2H3,(H,76,81)/b7-5-,13-11-,17-16-,20-19-,23-22-,26-25-,29-28-,32-31-,44-14+,52-50+. The molecule has 3 aliphatic rings. The topological polar surface area (TPSA) is 307 Å². The van der Waals surface area contributed by atoms with Crippen LogP contribution in [0.4, 0.5) is 0 Å². The maximum absolute atomic E-state index is 13.4. The summed E-state index contributed by atoms with van der Waals surface area (Å²) in [4.78, 5) is 13.4. The summed E-state index contributed by atoms with van der Waals surface area (Å²) in [6, 6.07) is -0.995. The van der Waals surface area contributed by atoms with E-state index in [1.54, 1.807) is 6.08 Å². The van der Waals surface area contributed by atoms with Crippen LogP contribution in [0.1, 0.15) is 213 Å². The normalized spacial score (nSPS) is 28.1. The lowest BCUT2D eigenvalue weighted by atomic mass is 9.96. The molecular formula is C75H125NO18. The quantitative estimate of drug-likeness (QED) is 0.0199. The van der Waals surface area contributed by atoms with E-state index < -0.39 is 124 Å². The molecule has 3 heterocycles. The van der Waals surface area contributed by atoms with E-state index in [1.807, 2.05) is 6.08 Å². The Bertz CT molecular complexity index is 2180. The van der Waals surface area contributed by atoms with Crippen LogP contribution in [0.2, 0.25) is 0 Å². The fraction of sp³-hybridized carbons (Fsp3) is 0.720. The van der Waals surface area contributed by atoms with Crippen LogP contribution in [0.15, 0.2) is 122 Å². The molecule has 19 nitrogen and oxygen atoms in total. The zero-order chi connectivity index (χ0) is 68.2. The van der Waals surface area contributed by atoms with Gasteiger partial charge in [0.2, 0.25) is 5.91 Å². The Hall–Kier alpha value is -3.81. The van der Waals surface area contributed by atoms with Crippen LogP contribution in [0.25, 0.3) is 0 Å². The Balaban J connectivity index is 1.30. The van der Waals surface area contributed by atoms with Gasteiger partial charge in [-0.1, -0.05) is 232 Å². The highest BCUT2D eigenvalue weighted by atomic mass is 16.8. The third-order valence-corrected chi connectivity index (χ3v) is 17.0. The van der Waals surface area contributed by atoms with Crippen molar-refractivity contribution in [2.75, 3.05) is 26.4 Å². The fourth-order valence-electron chi connectivity index (χ4n) is 11.2. The summed E-state index contributed by atoms with van der Waals surface area (Å²) in [6.07, 6.45) is 49.3. The molecule has 17 unspecified atom stereocenters. The second-order valence-electron chi connectivity index (χ2n) is 25.0. The Morgan fingerprint density at radius 2 is 0.745 bits per heavy atom. The molecule has 94 heavy (non-hydrogen) atoms. The average Bonchev–Trinajstić information content (AvgIpc) is 0.788. The van der Waals surface area contributed by atoms with E-state index in [0.717, 1.165) is 103 Å². The number of hydrogen-bond acceptors (Lipinski definition) is 18. The first kappa shape index (κ1) is 84.4. The second kappa shape index (κ2) is 55.1. The van der Waals surface area contributed by atoms with Gasteiger partial charge >= 0.3 is 0 Å². The van der Waals surface area contributed by atoms with Gasteiger partial charge in [-0.2, -0.15) is 0 Å². The van der Waals surface area contributed by atoms with E-state index >= 15 is 0 Å². The van der Waals surface area contributed by atoms with E-state index in [-0.39, 0.29) is 18.9 Å². The first-order valence-corrected chi connectivity index (χ1v) is 35.8. The number of ether oxygens (including phenoxy) is 6. The first-order chi connectivity index (χ1) is 45.8. The van der Waals surface area contributed by atoms with Gasteiger partial charge in [0.1, 0.15) is 73.2 Å². The Kier molecular flexibility index (Phi) is 49.5. The van der Waals surface area contributed by atoms with E-state index in [4.69, 9.17) is 28.4 Å². The van der Waals surface area contributed by atoms with Gasteiger partial charge in [0, 0.05) is 6.42 Å². The largest absolute Gasteiger partial charge is 0.394 e. The van der Waals surface area contributed by atoms with E-state index in [1.165, 1.54) is 77.0 Å². The van der Waals surface area contributed by atoms with Crippen molar-refractivity contribution in [1.82, 2.24) is 5.32 Å². The van der Waals surface area contributed by atoms with Gasteiger partial charge in [-0.15, -0.1) is 0 Å². The number of amides is 1. The average molecular weight is 1330 g/mol. The van der Waals surface area contributed by atoms with Gasteiger partial charge in [0.05, 0.1) is 38.6 Å². The van der Waals surface area contributed by atoms with Crippen LogP contribution in [-0.2, 0) is 33.2 Å². The molecular weight excluding hydrogens is 1200 g/mol. The van der Waals surface area contributed by atoms with Crippen LogP contribution in [0.5, 0.6) is 0 Å². The number of nitrogens with one attached hydrogen (secondary N) is 1. The van der Waals surface area contributed by atoms with Crippen LogP contribution >= 0.6 is 0 Å². The van der Waals surface area contributed by atoms with Crippen molar-refractivity contribution < 1.29 is 89.4 Å². The van der Waals surface area contributed by atoms with Crippen molar-refractivity contribution in [3.05, 3.63) is 122 Å². The number of rotatable bonds is 53. The molecule has 3 fully saturated rings. The Labute approximate surface area is 563 Å². The molecule has 0 aromatic rings. The van der Waals surface area contributed by atoms with Crippen molar-refractivity contribution in [3.8, 4) is 0 Å². The third kappa shape index (κ3) is 36.1. The molecule has 0 radical (unpaired) electrons. The summed E-state index contributed by atoms with van der Waals surface area (Å²) in [5, 5.41) is 120. The van der Waals surface area contributed by atoms with E-state index in [0.29, 0.717) is 12.8 Å². The van der Waals surface area contributed by atoms with Gasteiger partial charge in [-0.3, -0.25) is 4.79 Å². The number of aliphatic hydroxyl groups excluding tert-OH is 11. The molecule has 0 aromatic heterocycles. The van der Waals surface area contributed by atoms with Gasteiger partial charge in [0.25, 0.3) is 0 Å². The lowest BCUT2D eigenvalue weighted by molar-refractivity contribution is -0.379. The minimum atomic E-state index is -1.98. The van der Waals surface area contributed by atoms with E-state index in [9.17, 15) is 61.0 Å². The summed E-state index contributed by atoms with van der Waals surface area (Å²) in [6.45, 7) is 1.53. The summed E-state index contributed by atoms with van der Waals surface area (Å²) in [5.74, 6) is -0.293. The molecule has 3 aliphatic heterocycles. The molecule has 0 aliphatic carbocycles. The minimum Gasteiger partial charge on any atom is -0.394 e. The van der Waals surface area contributed by atoms with Gasteiger partial charge in [0.15, 0.2) is 18.9 Å². The van der Waals surface area contributed by atoms with Crippen LogP contribution < -0.4 is 5.32 Å². The highest BCUT2D eigenvalue weighted by molar-refractivity contribution is 5.76. The van der Waals surface area contributed by atoms with Crippen molar-refractivity contribution in [2.45, 2.75) is 317 Å². The fourth-order valence-corrected chi connectivity index (χ4v) is 11.2. The number of aliphatic hydroxyl groups is 11. The van der Waals surface area contributed by atoms with Crippen molar-refractivity contribution >= 4 is 5.91 Å². The lowest BCUT2D eigenvalue weighted by Crippen LogP contribution is -2.66. The highest BCUT2D eigenvalue weighted by Crippen LogP contribution is 2.33. The molecule has 17 atom stereocenters. The molecule has 0 aromatic carbocycles. The van der Waals surface area contributed by atoms with Crippen molar-refractivity contribution in [1.29, 1.82) is 0 Å². The Morgan fingerprint density at radius 3 is 1.19 bits per heavy atom. The summed E-state index contributed by atoms with van der Waals surface area (Å²) >= 11 is 0. The predicted octanol–water partition coefficient (Wildman–Crippen LogP) is 9.99. The zero-order valence-electron chi connectivity index (χ0n) is 56.9. The number of carbonyl (C=O) groups is 1. The molecule has 1 amide bonds. The van der Waals surface area contributed by atoms with Gasteiger partial charge in [-0.25, -0.2) is 0 Å². The molecule has 3 rings (SSSR count). The lowest BCUT2D eigenvalue weighted by Gasteiger charge is -2.48. The summed E-state index contributed by atoms with van der Waals surface area (Å²) in [7, 11) is 0.